The summed E-state index contributed by atoms with van der Waals surface area (Å²) in [5.41, 5.74) is -1.32. The fourth-order valence-electron chi connectivity index (χ4n) is 0.668. The molecule has 1 rings (SSSR count). The number of aromatic nitrogens is 3. The number of carbonyl (C=O) groups is 1. The van der Waals surface area contributed by atoms with Crippen LogP contribution in [-0.4, -0.2) is 27.8 Å². The molecular weight excluding hydrogens is 190 g/mol. The number of rotatable bonds is 2. The van der Waals surface area contributed by atoms with Crippen LogP contribution in [0.2, 0.25) is 0 Å². The Balaban J connectivity index is 2.99. The molecule has 0 aliphatic carbocycles. The first-order valence-corrected chi connectivity index (χ1v) is 3.58. The van der Waals surface area contributed by atoms with Crippen molar-refractivity contribution in [3.8, 4) is 0 Å². The second kappa shape index (κ2) is 4.17. The van der Waals surface area contributed by atoms with Crippen LogP contribution < -0.4 is 11.2 Å². The summed E-state index contributed by atoms with van der Waals surface area (Å²) in [7, 11) is 1.20. The van der Waals surface area contributed by atoms with E-state index in [0.29, 0.717) is 0 Å². The molecule has 7 heteroatoms. The lowest BCUT2D eigenvalue weighted by atomic mass is 10.6. The number of nitrogens with one attached hydrogen (secondary N) is 1. The lowest BCUT2D eigenvalue weighted by molar-refractivity contribution is -0.134. The number of esters is 1. The second-order valence-electron chi connectivity index (χ2n) is 2.22. The summed E-state index contributed by atoms with van der Waals surface area (Å²) >= 11 is 0. The maximum atomic E-state index is 11.0. The summed E-state index contributed by atoms with van der Waals surface area (Å²) in [4.78, 5) is 34.2. The molecule has 1 aromatic heterocycles. The Morgan fingerprint density at radius 3 is 2.93 bits per heavy atom. The molecule has 0 atom stereocenters. The maximum absolute atomic E-state index is 11.0. The van der Waals surface area contributed by atoms with Gasteiger partial charge in [-0.2, -0.15) is 9.78 Å². The van der Waals surface area contributed by atoms with Crippen LogP contribution in [0.3, 0.4) is 0 Å². The SMILES string of the molecule is COC(=O)C=Cn1ncc(=O)[nH]c1=O. The van der Waals surface area contributed by atoms with E-state index >= 15 is 0 Å². The first-order chi connectivity index (χ1) is 6.63. The molecule has 0 aliphatic rings. The number of carbonyl (C=O) groups excluding carboxylic acids is 1. The quantitative estimate of drug-likeness (QED) is 0.463. The van der Waals surface area contributed by atoms with Gasteiger partial charge in [-0.05, 0) is 0 Å². The summed E-state index contributed by atoms with van der Waals surface area (Å²) in [5.74, 6) is -0.620. The fraction of sp³-hybridized carbons (Fsp3) is 0.143. The molecule has 0 aliphatic heterocycles. The number of ether oxygens (including phenoxy) is 1. The van der Waals surface area contributed by atoms with Crippen molar-refractivity contribution < 1.29 is 9.53 Å². The Labute approximate surface area is 77.6 Å². The topological polar surface area (TPSA) is 94.1 Å². The van der Waals surface area contributed by atoms with Crippen LogP contribution >= 0.6 is 0 Å². The summed E-state index contributed by atoms with van der Waals surface area (Å²) in [6.45, 7) is 0. The number of methoxy groups -OCH3 is 1. The Bertz CT molecular complexity index is 470. The molecular formula is C7H7N3O4. The highest BCUT2D eigenvalue weighted by atomic mass is 16.5. The molecule has 0 fully saturated rings. The lowest BCUT2D eigenvalue weighted by Crippen LogP contribution is -2.28. The zero-order valence-corrected chi connectivity index (χ0v) is 7.26. The first kappa shape index (κ1) is 9.90. The van der Waals surface area contributed by atoms with Crippen molar-refractivity contribution >= 4 is 12.2 Å². The van der Waals surface area contributed by atoms with E-state index in [0.717, 1.165) is 23.2 Å². The largest absolute Gasteiger partial charge is 0.466 e. The van der Waals surface area contributed by atoms with Crippen molar-refractivity contribution in [2.24, 2.45) is 0 Å². The molecule has 14 heavy (non-hydrogen) atoms. The molecule has 1 aromatic rings. The van der Waals surface area contributed by atoms with Gasteiger partial charge in [-0.25, -0.2) is 9.59 Å². The van der Waals surface area contributed by atoms with Crippen molar-refractivity contribution in [2.45, 2.75) is 0 Å². The summed E-state index contributed by atoms with van der Waals surface area (Å²) in [5, 5.41) is 3.45. The molecule has 0 unspecified atom stereocenters. The number of hydrogen-bond acceptors (Lipinski definition) is 5. The fourth-order valence-corrected chi connectivity index (χ4v) is 0.668. The van der Waals surface area contributed by atoms with Crippen LogP contribution in [0.25, 0.3) is 6.20 Å². The number of nitrogens with zero attached hydrogens (tertiary/aromatic N) is 2. The maximum Gasteiger partial charge on any atom is 0.348 e. The lowest BCUT2D eigenvalue weighted by Gasteiger charge is -1.93. The van der Waals surface area contributed by atoms with Gasteiger partial charge in [0.2, 0.25) is 0 Å². The van der Waals surface area contributed by atoms with E-state index in [4.69, 9.17) is 0 Å². The highest BCUT2D eigenvalue weighted by Gasteiger charge is 1.95. The van der Waals surface area contributed by atoms with Gasteiger partial charge >= 0.3 is 11.7 Å². The van der Waals surface area contributed by atoms with Gasteiger partial charge in [-0.1, -0.05) is 0 Å². The Hall–Kier alpha value is -2.18. The summed E-state index contributed by atoms with van der Waals surface area (Å²) in [6.07, 6.45) is 3.01. The molecule has 0 saturated carbocycles. The van der Waals surface area contributed by atoms with E-state index in [9.17, 15) is 14.4 Å². The van der Waals surface area contributed by atoms with Gasteiger partial charge in [0, 0.05) is 12.3 Å². The zero-order valence-electron chi connectivity index (χ0n) is 7.26. The van der Waals surface area contributed by atoms with Gasteiger partial charge in [0.15, 0.2) is 0 Å². The number of H-pyrrole nitrogens is 1. The van der Waals surface area contributed by atoms with E-state index in [1.165, 1.54) is 7.11 Å². The van der Waals surface area contributed by atoms with Crippen molar-refractivity contribution in [2.75, 3.05) is 7.11 Å². The first-order valence-electron chi connectivity index (χ1n) is 3.58. The van der Waals surface area contributed by atoms with Crippen molar-refractivity contribution in [1.82, 2.24) is 14.8 Å². The van der Waals surface area contributed by atoms with Gasteiger partial charge in [0.05, 0.1) is 7.11 Å². The molecule has 0 spiro atoms. The number of aromatic amines is 1. The van der Waals surface area contributed by atoms with Gasteiger partial charge in [-0.3, -0.25) is 9.78 Å². The Kier molecular flexibility index (Phi) is 2.95. The van der Waals surface area contributed by atoms with Crippen LogP contribution in [0.4, 0.5) is 0 Å². The van der Waals surface area contributed by atoms with E-state index in [1.54, 1.807) is 0 Å². The van der Waals surface area contributed by atoms with Crippen LogP contribution in [0.1, 0.15) is 0 Å². The van der Waals surface area contributed by atoms with Crippen LogP contribution in [0.5, 0.6) is 0 Å². The average molecular weight is 197 g/mol. The molecule has 0 bridgehead atoms. The highest BCUT2D eigenvalue weighted by Crippen LogP contribution is 1.79. The Morgan fingerprint density at radius 2 is 2.36 bits per heavy atom. The monoisotopic (exact) mass is 197 g/mol. The predicted octanol–water partition coefficient (Wildman–Crippen LogP) is -1.42. The molecule has 0 aromatic carbocycles. The van der Waals surface area contributed by atoms with Gasteiger partial charge < -0.3 is 4.74 Å². The Morgan fingerprint density at radius 1 is 1.64 bits per heavy atom. The third kappa shape index (κ3) is 2.41. The van der Waals surface area contributed by atoms with Crippen LogP contribution in [0, 0.1) is 0 Å². The molecule has 0 amide bonds. The smallest absolute Gasteiger partial charge is 0.348 e. The molecule has 0 radical (unpaired) electrons. The van der Waals surface area contributed by atoms with Gasteiger partial charge in [0.1, 0.15) is 6.20 Å². The van der Waals surface area contributed by atoms with Crippen molar-refractivity contribution in [1.29, 1.82) is 0 Å². The highest BCUT2D eigenvalue weighted by molar-refractivity contribution is 5.84. The van der Waals surface area contributed by atoms with Crippen molar-refractivity contribution in [3.05, 3.63) is 33.1 Å². The molecule has 1 N–H and O–H groups in total. The molecule has 7 nitrogen and oxygen atoms in total. The van der Waals surface area contributed by atoms with Crippen molar-refractivity contribution in [3.63, 3.8) is 0 Å². The zero-order chi connectivity index (χ0) is 10.6. The average Bonchev–Trinajstić information content (AvgIpc) is 2.16. The summed E-state index contributed by atoms with van der Waals surface area (Å²) in [6, 6.07) is 0. The molecule has 1 heterocycles. The molecule has 0 saturated heterocycles. The minimum absolute atomic E-state index is 0.599. The normalized spacial score (nSPS) is 10.4. The van der Waals surface area contributed by atoms with Gasteiger partial charge in [0.25, 0.3) is 5.56 Å². The van der Waals surface area contributed by atoms with Gasteiger partial charge in [-0.15, -0.1) is 0 Å². The van der Waals surface area contributed by atoms with E-state index in [1.807, 2.05) is 4.98 Å². The van der Waals surface area contributed by atoms with Crippen LogP contribution in [-0.2, 0) is 9.53 Å². The van der Waals surface area contributed by atoms with E-state index in [2.05, 4.69) is 9.84 Å². The third-order valence-electron chi connectivity index (χ3n) is 1.29. The molecule has 74 valence electrons. The number of hydrogen-bond donors (Lipinski definition) is 1. The third-order valence-corrected chi connectivity index (χ3v) is 1.29. The minimum atomic E-state index is -0.724. The standard InChI is InChI=1S/C7H7N3O4/c1-14-6(12)2-3-10-7(13)9-5(11)4-8-10/h2-4H,1H3,(H,9,11,13). The van der Waals surface area contributed by atoms with E-state index < -0.39 is 17.2 Å². The second-order valence-corrected chi connectivity index (χ2v) is 2.22. The van der Waals surface area contributed by atoms with Crippen LogP contribution in [0.15, 0.2) is 21.9 Å². The minimum Gasteiger partial charge on any atom is -0.466 e. The predicted molar refractivity (Wildman–Crippen MR) is 46.5 cm³/mol. The van der Waals surface area contributed by atoms with E-state index in [-0.39, 0.29) is 0 Å². The summed E-state index contributed by atoms with van der Waals surface area (Å²) < 4.78 is 5.10.